The van der Waals surface area contributed by atoms with Crippen LogP contribution < -0.4 is 11.1 Å². The molecule has 0 radical (unpaired) electrons. The zero-order valence-corrected chi connectivity index (χ0v) is 19.2. The highest BCUT2D eigenvalue weighted by molar-refractivity contribution is 7.18. The molecule has 5 heteroatoms. The number of hydrogen-bond acceptors (Lipinski definition) is 5. The number of nitrogens with zero attached hydrogens (tertiary/aromatic N) is 2. The van der Waals surface area contributed by atoms with E-state index in [2.05, 4.69) is 71.6 Å². The van der Waals surface area contributed by atoms with Crippen molar-refractivity contribution in [3.63, 3.8) is 0 Å². The first-order chi connectivity index (χ1) is 15.2. The van der Waals surface area contributed by atoms with Gasteiger partial charge in [-0.25, -0.2) is 4.98 Å². The number of fused-ring (bicyclic) bond motifs is 1. The summed E-state index contributed by atoms with van der Waals surface area (Å²) in [5.74, 6) is 6.58. The van der Waals surface area contributed by atoms with Crippen molar-refractivity contribution in [1.82, 2.24) is 15.2 Å². The molecule has 2 aromatic carbocycles. The predicted molar refractivity (Wildman–Crippen MR) is 132 cm³/mol. The highest BCUT2D eigenvalue weighted by atomic mass is 32.1. The van der Waals surface area contributed by atoms with Gasteiger partial charge in [-0.3, -0.25) is 0 Å². The van der Waals surface area contributed by atoms with Gasteiger partial charge in [-0.15, -0.1) is 11.3 Å². The Labute approximate surface area is 189 Å². The molecule has 0 aliphatic carbocycles. The van der Waals surface area contributed by atoms with Gasteiger partial charge in [0.1, 0.15) is 5.01 Å². The molecule has 1 aliphatic rings. The number of aromatic nitrogens is 1. The summed E-state index contributed by atoms with van der Waals surface area (Å²) in [6.07, 6.45) is 5.43. The Bertz CT molecular complexity index is 1050. The molecular formula is C26H32N4S. The zero-order chi connectivity index (χ0) is 21.5. The lowest BCUT2D eigenvalue weighted by Gasteiger charge is -2.29. The van der Waals surface area contributed by atoms with Crippen molar-refractivity contribution >= 4 is 21.6 Å². The molecule has 0 saturated carbocycles. The number of likely N-dealkylation sites (tertiary alicyclic amines) is 1. The molecule has 4 nitrogen and oxygen atoms in total. The summed E-state index contributed by atoms with van der Waals surface area (Å²) in [6.45, 7) is 3.94. The van der Waals surface area contributed by atoms with Crippen LogP contribution in [0.15, 0.2) is 42.5 Å². The number of hydrogen-bond donors (Lipinski definition) is 2. The zero-order valence-electron chi connectivity index (χ0n) is 18.4. The van der Waals surface area contributed by atoms with Crippen molar-refractivity contribution < 1.29 is 0 Å². The molecule has 1 aromatic heterocycles. The molecule has 1 fully saturated rings. The summed E-state index contributed by atoms with van der Waals surface area (Å²) in [6, 6.07) is 15.6. The molecule has 3 N–H and O–H groups in total. The molecule has 0 bridgehead atoms. The van der Waals surface area contributed by atoms with Crippen molar-refractivity contribution in [1.29, 1.82) is 0 Å². The summed E-state index contributed by atoms with van der Waals surface area (Å²) < 4.78 is 1.25. The number of nitrogens with two attached hydrogens (primary N) is 1. The minimum Gasteiger partial charge on any atom is -0.330 e. The van der Waals surface area contributed by atoms with Crippen LogP contribution in [0.3, 0.4) is 0 Å². The number of unbranched alkanes of at least 4 members (excludes halogenated alkanes) is 2. The van der Waals surface area contributed by atoms with Crippen LogP contribution in [0.2, 0.25) is 0 Å². The third-order valence-electron chi connectivity index (χ3n) is 5.89. The van der Waals surface area contributed by atoms with Gasteiger partial charge in [0.25, 0.3) is 0 Å². The summed E-state index contributed by atoms with van der Waals surface area (Å²) in [4.78, 5) is 7.42. The topological polar surface area (TPSA) is 54.2 Å². The third-order valence-corrected chi connectivity index (χ3v) is 6.91. The first kappa shape index (κ1) is 22.0. The third kappa shape index (κ3) is 5.93. The first-order valence-corrected chi connectivity index (χ1v) is 12.1. The predicted octanol–water partition coefficient (Wildman–Crippen LogP) is 4.63. The molecule has 2 heterocycles. The number of piperidine rings is 1. The molecule has 4 rings (SSSR count). The van der Waals surface area contributed by atoms with E-state index in [0.29, 0.717) is 6.04 Å². The van der Waals surface area contributed by atoms with Crippen LogP contribution in [-0.2, 0) is 6.54 Å². The number of rotatable bonds is 7. The Morgan fingerprint density at radius 1 is 1.16 bits per heavy atom. The maximum absolute atomic E-state index is 5.56. The molecule has 31 heavy (non-hydrogen) atoms. The first-order valence-electron chi connectivity index (χ1n) is 11.3. The summed E-state index contributed by atoms with van der Waals surface area (Å²) in [5.41, 5.74) is 10.1. The average molecular weight is 433 g/mol. The SMILES string of the molecule is CN1CCC(NCc2nc3c(-c4cccc(C#CCCCCN)c4)cccc3s2)CC1. The second kappa shape index (κ2) is 10.9. The van der Waals surface area contributed by atoms with Gasteiger partial charge in [-0.1, -0.05) is 36.1 Å². The van der Waals surface area contributed by atoms with E-state index < -0.39 is 0 Å². The lowest BCUT2D eigenvalue weighted by molar-refractivity contribution is 0.234. The summed E-state index contributed by atoms with van der Waals surface area (Å²) >= 11 is 1.80. The smallest absolute Gasteiger partial charge is 0.108 e. The minimum absolute atomic E-state index is 0.600. The van der Waals surface area contributed by atoms with Gasteiger partial charge in [0, 0.05) is 30.1 Å². The molecule has 0 atom stereocenters. The average Bonchev–Trinajstić information content (AvgIpc) is 3.22. The Hall–Kier alpha value is -2.23. The Morgan fingerprint density at radius 3 is 2.84 bits per heavy atom. The van der Waals surface area contributed by atoms with Crippen molar-refractivity contribution in [3.05, 3.63) is 53.0 Å². The second-order valence-corrected chi connectivity index (χ2v) is 9.46. The minimum atomic E-state index is 0.600. The van der Waals surface area contributed by atoms with Gasteiger partial charge in [-0.2, -0.15) is 0 Å². The summed E-state index contributed by atoms with van der Waals surface area (Å²) in [5, 5.41) is 4.88. The van der Waals surface area contributed by atoms with E-state index in [-0.39, 0.29) is 0 Å². The highest BCUT2D eigenvalue weighted by Crippen LogP contribution is 2.32. The normalized spacial score (nSPS) is 15.2. The standard InChI is InChI=1S/C26H32N4S/c1-30-16-13-22(14-17-30)28-19-25-29-26-23(11-7-12-24(26)31-25)21-10-6-9-20(18-21)8-4-2-3-5-15-27/h6-7,9-12,18,22,28H,2-3,5,13-17,19,27H2,1H3. The van der Waals surface area contributed by atoms with Crippen molar-refractivity contribution in [2.75, 3.05) is 26.7 Å². The van der Waals surface area contributed by atoms with Crippen LogP contribution in [-0.4, -0.2) is 42.6 Å². The van der Waals surface area contributed by atoms with Crippen molar-refractivity contribution in [2.45, 2.75) is 44.7 Å². The number of thiazole rings is 1. The van der Waals surface area contributed by atoms with Crippen LogP contribution in [0.25, 0.3) is 21.3 Å². The van der Waals surface area contributed by atoms with E-state index in [9.17, 15) is 0 Å². The number of para-hydroxylation sites is 1. The van der Waals surface area contributed by atoms with Gasteiger partial charge in [0.05, 0.1) is 10.2 Å². The molecule has 3 aromatic rings. The number of benzene rings is 2. The van der Waals surface area contributed by atoms with Gasteiger partial charge in [0.2, 0.25) is 0 Å². The van der Waals surface area contributed by atoms with Crippen LogP contribution in [0.4, 0.5) is 0 Å². The Morgan fingerprint density at radius 2 is 2.00 bits per heavy atom. The van der Waals surface area contributed by atoms with Crippen molar-refractivity contribution in [2.24, 2.45) is 5.73 Å². The maximum Gasteiger partial charge on any atom is 0.108 e. The quantitative estimate of drug-likeness (QED) is 0.422. The lowest BCUT2D eigenvalue weighted by Crippen LogP contribution is -2.40. The second-order valence-electron chi connectivity index (χ2n) is 8.35. The van der Waals surface area contributed by atoms with E-state index >= 15 is 0 Å². The fourth-order valence-corrected chi connectivity index (χ4v) is 4.98. The number of nitrogens with one attached hydrogen (secondary N) is 1. The van der Waals surface area contributed by atoms with Crippen molar-refractivity contribution in [3.8, 4) is 23.0 Å². The highest BCUT2D eigenvalue weighted by Gasteiger charge is 2.17. The van der Waals surface area contributed by atoms with Gasteiger partial charge in [-0.05, 0) is 76.1 Å². The largest absolute Gasteiger partial charge is 0.330 e. The monoisotopic (exact) mass is 432 g/mol. The molecular weight excluding hydrogens is 400 g/mol. The fourth-order valence-electron chi connectivity index (χ4n) is 4.03. The van der Waals surface area contributed by atoms with E-state index in [1.54, 1.807) is 11.3 Å². The lowest BCUT2D eigenvalue weighted by atomic mass is 10.0. The Kier molecular flexibility index (Phi) is 7.71. The Balaban J connectivity index is 1.49. The van der Waals surface area contributed by atoms with E-state index in [1.807, 2.05) is 0 Å². The fraction of sp³-hybridized carbons (Fsp3) is 0.423. The molecule has 1 aliphatic heterocycles. The van der Waals surface area contributed by atoms with Gasteiger partial charge >= 0.3 is 0 Å². The van der Waals surface area contributed by atoms with Gasteiger partial charge < -0.3 is 16.0 Å². The molecule has 0 unspecified atom stereocenters. The van der Waals surface area contributed by atoms with E-state index in [1.165, 1.54) is 41.8 Å². The molecule has 1 saturated heterocycles. The van der Waals surface area contributed by atoms with Crippen LogP contribution in [0.1, 0.15) is 42.7 Å². The van der Waals surface area contributed by atoms with Crippen LogP contribution >= 0.6 is 11.3 Å². The van der Waals surface area contributed by atoms with Gasteiger partial charge in [0.15, 0.2) is 0 Å². The van der Waals surface area contributed by atoms with Crippen LogP contribution in [0, 0.1) is 11.8 Å². The molecule has 162 valence electrons. The van der Waals surface area contributed by atoms with E-state index in [4.69, 9.17) is 10.7 Å². The molecule has 0 amide bonds. The van der Waals surface area contributed by atoms with E-state index in [0.717, 1.165) is 48.4 Å². The molecule has 0 spiro atoms. The summed E-state index contributed by atoms with van der Waals surface area (Å²) in [7, 11) is 2.20. The maximum atomic E-state index is 5.56. The van der Waals surface area contributed by atoms with Crippen LogP contribution in [0.5, 0.6) is 0 Å².